The number of benzene rings is 1. The Kier molecular flexibility index (Phi) is 3.99. The summed E-state index contributed by atoms with van der Waals surface area (Å²) >= 11 is 0. The third kappa shape index (κ3) is 2.21. The van der Waals surface area contributed by atoms with Crippen molar-refractivity contribution in [1.82, 2.24) is 0 Å². The van der Waals surface area contributed by atoms with E-state index in [2.05, 4.69) is 4.74 Å². The molecule has 0 fully saturated rings. The van der Waals surface area contributed by atoms with Gasteiger partial charge in [-0.05, 0) is 18.9 Å². The number of carbonyl (C=O) groups excluding carboxylic acids is 1. The third-order valence-corrected chi connectivity index (χ3v) is 2.57. The molecule has 0 aliphatic heterocycles. The Morgan fingerprint density at radius 3 is 2.50 bits per heavy atom. The summed E-state index contributed by atoms with van der Waals surface area (Å²) in [7, 11) is 1.23. The molecule has 0 saturated carbocycles. The summed E-state index contributed by atoms with van der Waals surface area (Å²) in [6.07, 6.45) is 0.367. The molecule has 0 spiro atoms. The average Bonchev–Trinajstić information content (AvgIpc) is 2.29. The second-order valence-corrected chi connectivity index (χ2v) is 3.58. The van der Waals surface area contributed by atoms with Gasteiger partial charge in [0.1, 0.15) is 0 Å². The van der Waals surface area contributed by atoms with Gasteiger partial charge in [-0.15, -0.1) is 0 Å². The smallest absolute Gasteiger partial charge is 0.313 e. The summed E-state index contributed by atoms with van der Waals surface area (Å²) < 4.78 is 31.5. The molecule has 1 atom stereocenters. The zero-order chi connectivity index (χ0) is 12.3. The number of halogens is 2. The van der Waals surface area contributed by atoms with Crippen molar-refractivity contribution in [3.8, 4) is 0 Å². The van der Waals surface area contributed by atoms with Gasteiger partial charge in [-0.3, -0.25) is 4.79 Å². The van der Waals surface area contributed by atoms with Gasteiger partial charge in [0.15, 0.2) is 11.6 Å². The summed E-state index contributed by atoms with van der Waals surface area (Å²) in [6.45, 7) is 3.19. The molecule has 2 nitrogen and oxygen atoms in total. The first kappa shape index (κ1) is 12.6. The van der Waals surface area contributed by atoms with E-state index in [0.717, 1.165) is 0 Å². The number of aryl methyl sites for hydroxylation is 1. The summed E-state index contributed by atoms with van der Waals surface area (Å²) in [5, 5.41) is 0. The van der Waals surface area contributed by atoms with Gasteiger partial charge >= 0.3 is 5.97 Å². The van der Waals surface area contributed by atoms with Crippen molar-refractivity contribution >= 4 is 5.97 Å². The maximum atomic E-state index is 13.6. The van der Waals surface area contributed by atoms with Crippen LogP contribution in [0.15, 0.2) is 12.1 Å². The molecule has 16 heavy (non-hydrogen) atoms. The number of rotatable bonds is 3. The molecular formula is C12H14F2O2. The van der Waals surface area contributed by atoms with E-state index in [1.165, 1.54) is 26.2 Å². The molecule has 0 aromatic heterocycles. The van der Waals surface area contributed by atoms with Gasteiger partial charge in [-0.1, -0.05) is 19.1 Å². The van der Waals surface area contributed by atoms with E-state index in [-0.39, 0.29) is 11.1 Å². The monoisotopic (exact) mass is 228 g/mol. The summed E-state index contributed by atoms with van der Waals surface area (Å²) in [5.41, 5.74) is 0.276. The maximum absolute atomic E-state index is 13.6. The lowest BCUT2D eigenvalue weighted by Gasteiger charge is -2.14. The van der Waals surface area contributed by atoms with Crippen molar-refractivity contribution in [2.45, 2.75) is 26.2 Å². The summed E-state index contributed by atoms with van der Waals surface area (Å²) in [6, 6.07) is 2.89. The number of methoxy groups -OCH3 is 1. The number of hydrogen-bond acceptors (Lipinski definition) is 2. The SMILES string of the molecule is CCC(C(=O)OC)c1ccc(C)c(F)c1F. The molecule has 0 saturated heterocycles. The van der Waals surface area contributed by atoms with E-state index in [1.54, 1.807) is 6.92 Å². The zero-order valence-corrected chi connectivity index (χ0v) is 9.51. The van der Waals surface area contributed by atoms with E-state index < -0.39 is 23.5 Å². The van der Waals surface area contributed by atoms with Crippen molar-refractivity contribution in [2.75, 3.05) is 7.11 Å². The minimum absolute atomic E-state index is 0.0532. The van der Waals surface area contributed by atoms with Crippen molar-refractivity contribution in [3.05, 3.63) is 34.9 Å². The predicted molar refractivity (Wildman–Crippen MR) is 56.1 cm³/mol. The van der Waals surface area contributed by atoms with E-state index in [9.17, 15) is 13.6 Å². The van der Waals surface area contributed by atoms with Gasteiger partial charge in [0.2, 0.25) is 0 Å². The summed E-state index contributed by atoms with van der Waals surface area (Å²) in [4.78, 5) is 11.4. The molecule has 0 amide bonds. The molecule has 0 aliphatic carbocycles. The molecule has 0 radical (unpaired) electrons. The highest BCUT2D eigenvalue weighted by atomic mass is 19.2. The second-order valence-electron chi connectivity index (χ2n) is 3.58. The standard InChI is InChI=1S/C12H14F2O2/c1-4-8(12(15)16-3)9-6-5-7(2)10(13)11(9)14/h5-6,8H,4H2,1-3H3. The number of hydrogen-bond donors (Lipinski definition) is 0. The van der Waals surface area contributed by atoms with Crippen molar-refractivity contribution in [3.63, 3.8) is 0 Å². The molecule has 0 bridgehead atoms. The summed E-state index contributed by atoms with van der Waals surface area (Å²) in [5.74, 6) is -3.16. The molecule has 1 aromatic carbocycles. The maximum Gasteiger partial charge on any atom is 0.313 e. The van der Waals surface area contributed by atoms with Crippen LogP contribution in [0.3, 0.4) is 0 Å². The second kappa shape index (κ2) is 5.05. The normalized spacial score (nSPS) is 12.3. The largest absolute Gasteiger partial charge is 0.469 e. The Morgan fingerprint density at radius 1 is 1.38 bits per heavy atom. The quantitative estimate of drug-likeness (QED) is 0.743. The van der Waals surface area contributed by atoms with Gasteiger partial charge in [-0.2, -0.15) is 0 Å². The van der Waals surface area contributed by atoms with Crippen LogP contribution >= 0.6 is 0 Å². The number of esters is 1. The van der Waals surface area contributed by atoms with Crippen LogP contribution in [0.1, 0.15) is 30.4 Å². The van der Waals surface area contributed by atoms with Gasteiger partial charge in [0, 0.05) is 5.56 Å². The average molecular weight is 228 g/mol. The van der Waals surface area contributed by atoms with E-state index in [0.29, 0.717) is 6.42 Å². The Hall–Kier alpha value is -1.45. The van der Waals surface area contributed by atoms with E-state index in [1.807, 2.05) is 0 Å². The first-order valence-corrected chi connectivity index (χ1v) is 5.05. The molecular weight excluding hydrogens is 214 g/mol. The van der Waals surface area contributed by atoms with Gasteiger partial charge in [-0.25, -0.2) is 8.78 Å². The molecule has 0 heterocycles. The van der Waals surface area contributed by atoms with Crippen LogP contribution in [-0.2, 0) is 9.53 Å². The van der Waals surface area contributed by atoms with Gasteiger partial charge < -0.3 is 4.74 Å². The first-order chi connectivity index (χ1) is 7.52. The lowest BCUT2D eigenvalue weighted by molar-refractivity contribution is -0.142. The molecule has 1 unspecified atom stereocenters. The van der Waals surface area contributed by atoms with Crippen LogP contribution in [0.4, 0.5) is 8.78 Å². The minimum atomic E-state index is -0.961. The first-order valence-electron chi connectivity index (χ1n) is 5.05. The van der Waals surface area contributed by atoms with Crippen molar-refractivity contribution in [1.29, 1.82) is 0 Å². The van der Waals surface area contributed by atoms with Crippen LogP contribution < -0.4 is 0 Å². The Labute approximate surface area is 93.2 Å². The van der Waals surface area contributed by atoms with Crippen LogP contribution in [0, 0.1) is 18.6 Å². The zero-order valence-electron chi connectivity index (χ0n) is 9.51. The molecule has 4 heteroatoms. The Morgan fingerprint density at radius 2 is 2.00 bits per heavy atom. The topological polar surface area (TPSA) is 26.3 Å². The fourth-order valence-corrected chi connectivity index (χ4v) is 1.59. The van der Waals surface area contributed by atoms with Crippen LogP contribution in [0.2, 0.25) is 0 Å². The van der Waals surface area contributed by atoms with E-state index in [4.69, 9.17) is 0 Å². The highest BCUT2D eigenvalue weighted by Gasteiger charge is 2.24. The lowest BCUT2D eigenvalue weighted by atomic mass is 9.95. The molecule has 0 aliphatic rings. The van der Waals surface area contributed by atoms with Gasteiger partial charge in [0.25, 0.3) is 0 Å². The Bertz CT molecular complexity index is 402. The fourth-order valence-electron chi connectivity index (χ4n) is 1.59. The molecule has 1 aromatic rings. The molecule has 1 rings (SSSR count). The number of ether oxygens (including phenoxy) is 1. The minimum Gasteiger partial charge on any atom is -0.469 e. The lowest BCUT2D eigenvalue weighted by Crippen LogP contribution is -2.15. The van der Waals surface area contributed by atoms with Crippen molar-refractivity contribution < 1.29 is 18.3 Å². The van der Waals surface area contributed by atoms with Crippen LogP contribution in [-0.4, -0.2) is 13.1 Å². The third-order valence-electron chi connectivity index (χ3n) is 2.57. The highest BCUT2D eigenvalue weighted by Crippen LogP contribution is 2.26. The molecule has 0 N–H and O–H groups in total. The molecule has 88 valence electrons. The van der Waals surface area contributed by atoms with E-state index >= 15 is 0 Å². The van der Waals surface area contributed by atoms with Crippen LogP contribution in [0.25, 0.3) is 0 Å². The highest BCUT2D eigenvalue weighted by molar-refractivity contribution is 5.78. The van der Waals surface area contributed by atoms with Gasteiger partial charge in [0.05, 0.1) is 13.0 Å². The van der Waals surface area contributed by atoms with Crippen LogP contribution in [0.5, 0.6) is 0 Å². The van der Waals surface area contributed by atoms with Crippen molar-refractivity contribution in [2.24, 2.45) is 0 Å². The number of carbonyl (C=O) groups is 1. The Balaban J connectivity index is 3.21. The predicted octanol–water partition coefficient (Wildman–Crippen LogP) is 2.94. The fraction of sp³-hybridized carbons (Fsp3) is 0.417.